The highest BCUT2D eigenvalue weighted by molar-refractivity contribution is 6.30. The van der Waals surface area contributed by atoms with Gasteiger partial charge in [-0.05, 0) is 38.0 Å². The fourth-order valence-corrected chi connectivity index (χ4v) is 2.75. The number of hydrogen-bond donors (Lipinski definition) is 0. The molecule has 0 spiro atoms. The molecule has 0 aromatic heterocycles. The van der Waals surface area contributed by atoms with Crippen molar-refractivity contribution in [2.75, 3.05) is 7.05 Å². The maximum Gasteiger partial charge on any atom is 0.223 e. The van der Waals surface area contributed by atoms with Gasteiger partial charge in [0.2, 0.25) is 5.91 Å². The molecule has 25 heavy (non-hydrogen) atoms. The Bertz CT molecular complexity index is 723. The van der Waals surface area contributed by atoms with E-state index < -0.39 is 0 Å². The molecule has 0 heterocycles. The number of carbonyl (C=O) groups is 2. The molecule has 0 saturated carbocycles. The highest BCUT2D eigenvalue weighted by Gasteiger charge is 2.17. The Kier molecular flexibility index (Phi) is 6.77. The van der Waals surface area contributed by atoms with Gasteiger partial charge in [0.25, 0.3) is 0 Å². The van der Waals surface area contributed by atoms with Crippen LogP contribution in [0.3, 0.4) is 0 Å². The summed E-state index contributed by atoms with van der Waals surface area (Å²) < 4.78 is 0. The van der Waals surface area contributed by atoms with Gasteiger partial charge in [-0.1, -0.05) is 53.6 Å². The van der Waals surface area contributed by atoms with Crippen LogP contribution in [0.5, 0.6) is 0 Å². The minimum absolute atomic E-state index is 0.00658. The van der Waals surface area contributed by atoms with E-state index in [1.807, 2.05) is 62.4 Å². The van der Waals surface area contributed by atoms with Gasteiger partial charge in [-0.15, -0.1) is 0 Å². The van der Waals surface area contributed by atoms with Crippen molar-refractivity contribution in [2.45, 2.75) is 39.2 Å². The Hall–Kier alpha value is -2.13. The number of benzene rings is 2. The van der Waals surface area contributed by atoms with Crippen molar-refractivity contribution in [1.29, 1.82) is 0 Å². The van der Waals surface area contributed by atoms with Crippen molar-refractivity contribution in [2.24, 2.45) is 0 Å². The second kappa shape index (κ2) is 8.82. The van der Waals surface area contributed by atoms with Gasteiger partial charge < -0.3 is 4.90 Å². The molecule has 0 N–H and O–H groups in total. The fourth-order valence-electron chi connectivity index (χ4n) is 2.62. The maximum atomic E-state index is 12.4. The average molecular weight is 358 g/mol. The monoisotopic (exact) mass is 357 g/mol. The zero-order chi connectivity index (χ0) is 18.4. The Morgan fingerprint density at radius 1 is 1.00 bits per heavy atom. The molecule has 0 aliphatic carbocycles. The molecule has 1 atom stereocenters. The lowest BCUT2D eigenvalue weighted by Gasteiger charge is -2.25. The number of halogens is 1. The SMILES string of the molecule is Cc1ccc(C(=O)CCC(=O)N(C)C(C)Cc2ccc(Cl)cc2)cc1. The van der Waals surface area contributed by atoms with Crippen LogP contribution in [-0.4, -0.2) is 29.7 Å². The average Bonchev–Trinajstić information content (AvgIpc) is 2.61. The molecule has 2 aromatic carbocycles. The van der Waals surface area contributed by atoms with E-state index in [1.165, 1.54) is 0 Å². The molecule has 1 unspecified atom stereocenters. The molecule has 0 aliphatic rings. The highest BCUT2D eigenvalue weighted by atomic mass is 35.5. The number of ketones is 1. The number of hydrogen-bond acceptors (Lipinski definition) is 2. The number of likely N-dealkylation sites (N-methyl/N-ethyl adjacent to an activating group) is 1. The summed E-state index contributed by atoms with van der Waals surface area (Å²) in [5, 5.41) is 0.704. The predicted molar refractivity (Wildman–Crippen MR) is 102 cm³/mol. The second-order valence-corrected chi connectivity index (χ2v) is 6.91. The van der Waals surface area contributed by atoms with Crippen molar-refractivity contribution in [3.05, 3.63) is 70.2 Å². The van der Waals surface area contributed by atoms with Crippen molar-refractivity contribution in [3.8, 4) is 0 Å². The first kappa shape index (κ1) is 19.2. The lowest BCUT2D eigenvalue weighted by molar-refractivity contribution is -0.131. The molecule has 2 rings (SSSR count). The third-order valence-electron chi connectivity index (χ3n) is 4.44. The predicted octanol–water partition coefficient (Wildman–Crippen LogP) is 4.70. The Morgan fingerprint density at radius 2 is 1.60 bits per heavy atom. The van der Waals surface area contributed by atoms with E-state index in [1.54, 1.807) is 11.9 Å². The summed E-state index contributed by atoms with van der Waals surface area (Å²) in [5.74, 6) is -0.00553. The Labute approximate surface area is 154 Å². The molecule has 1 amide bonds. The first-order chi connectivity index (χ1) is 11.9. The zero-order valence-electron chi connectivity index (χ0n) is 15.0. The van der Waals surface area contributed by atoms with Crippen molar-refractivity contribution >= 4 is 23.3 Å². The minimum Gasteiger partial charge on any atom is -0.343 e. The lowest BCUT2D eigenvalue weighted by atomic mass is 10.0. The van der Waals surface area contributed by atoms with Crippen LogP contribution in [-0.2, 0) is 11.2 Å². The van der Waals surface area contributed by atoms with E-state index in [0.29, 0.717) is 10.6 Å². The summed E-state index contributed by atoms with van der Waals surface area (Å²) in [7, 11) is 1.79. The van der Waals surface area contributed by atoms with E-state index in [0.717, 1.165) is 17.5 Å². The largest absolute Gasteiger partial charge is 0.343 e. The normalized spacial score (nSPS) is 11.8. The molecular weight excluding hydrogens is 334 g/mol. The van der Waals surface area contributed by atoms with E-state index in [-0.39, 0.29) is 30.6 Å². The van der Waals surface area contributed by atoms with Gasteiger partial charge in [0.1, 0.15) is 0 Å². The summed E-state index contributed by atoms with van der Waals surface area (Å²) >= 11 is 5.89. The van der Waals surface area contributed by atoms with E-state index >= 15 is 0 Å². The molecule has 0 saturated heterocycles. The van der Waals surface area contributed by atoms with Gasteiger partial charge in [0.15, 0.2) is 5.78 Å². The van der Waals surface area contributed by atoms with Crippen LogP contribution in [0.25, 0.3) is 0 Å². The van der Waals surface area contributed by atoms with E-state index in [2.05, 4.69) is 0 Å². The van der Waals surface area contributed by atoms with Crippen molar-refractivity contribution in [3.63, 3.8) is 0 Å². The second-order valence-electron chi connectivity index (χ2n) is 6.47. The van der Waals surface area contributed by atoms with Crippen LogP contribution >= 0.6 is 11.6 Å². The van der Waals surface area contributed by atoms with Crippen LogP contribution in [0.15, 0.2) is 48.5 Å². The summed E-state index contributed by atoms with van der Waals surface area (Å²) in [6, 6.07) is 15.2. The molecule has 4 heteroatoms. The van der Waals surface area contributed by atoms with E-state index in [9.17, 15) is 9.59 Å². The first-order valence-electron chi connectivity index (χ1n) is 8.47. The number of aryl methyl sites for hydroxylation is 1. The molecule has 0 aliphatic heterocycles. The third kappa shape index (κ3) is 5.71. The van der Waals surface area contributed by atoms with Crippen LogP contribution in [0.1, 0.15) is 41.3 Å². The summed E-state index contributed by atoms with van der Waals surface area (Å²) in [5.41, 5.74) is 2.91. The summed E-state index contributed by atoms with van der Waals surface area (Å²) in [6.07, 6.45) is 1.22. The Balaban J connectivity index is 1.85. The standard InChI is InChI=1S/C21H24ClNO2/c1-15-4-8-18(9-5-15)20(24)12-13-21(25)23(3)16(2)14-17-6-10-19(22)11-7-17/h4-11,16H,12-14H2,1-3H3. The Morgan fingerprint density at radius 3 is 2.20 bits per heavy atom. The first-order valence-corrected chi connectivity index (χ1v) is 8.84. The molecule has 0 radical (unpaired) electrons. The minimum atomic E-state index is -0.0121. The molecule has 132 valence electrons. The molecular formula is C21H24ClNO2. The van der Waals surface area contributed by atoms with Crippen molar-refractivity contribution in [1.82, 2.24) is 4.90 Å². The van der Waals surface area contributed by atoms with Crippen LogP contribution in [0.4, 0.5) is 0 Å². The lowest BCUT2D eigenvalue weighted by Crippen LogP contribution is -2.36. The van der Waals surface area contributed by atoms with Gasteiger partial charge >= 0.3 is 0 Å². The van der Waals surface area contributed by atoms with Crippen LogP contribution in [0.2, 0.25) is 5.02 Å². The quantitative estimate of drug-likeness (QED) is 0.673. The highest BCUT2D eigenvalue weighted by Crippen LogP contribution is 2.14. The molecule has 3 nitrogen and oxygen atoms in total. The van der Waals surface area contributed by atoms with Crippen LogP contribution < -0.4 is 0 Å². The summed E-state index contributed by atoms with van der Waals surface area (Å²) in [6.45, 7) is 3.99. The van der Waals surface area contributed by atoms with Gasteiger partial charge in [-0.25, -0.2) is 0 Å². The molecule has 0 fully saturated rings. The number of nitrogens with zero attached hydrogens (tertiary/aromatic N) is 1. The topological polar surface area (TPSA) is 37.4 Å². The van der Waals surface area contributed by atoms with Crippen LogP contribution in [0, 0.1) is 6.92 Å². The van der Waals surface area contributed by atoms with Gasteiger partial charge in [0.05, 0.1) is 0 Å². The molecule has 2 aromatic rings. The number of rotatable bonds is 7. The number of Topliss-reactive ketones (excluding diaryl/α,β-unsaturated/α-hetero) is 1. The zero-order valence-corrected chi connectivity index (χ0v) is 15.7. The van der Waals surface area contributed by atoms with E-state index in [4.69, 9.17) is 11.6 Å². The summed E-state index contributed by atoms with van der Waals surface area (Å²) in [4.78, 5) is 26.3. The van der Waals surface area contributed by atoms with Crippen molar-refractivity contribution < 1.29 is 9.59 Å². The third-order valence-corrected chi connectivity index (χ3v) is 4.69. The fraction of sp³-hybridized carbons (Fsp3) is 0.333. The number of carbonyl (C=O) groups excluding carboxylic acids is 2. The molecule has 0 bridgehead atoms. The number of amides is 1. The maximum absolute atomic E-state index is 12.4. The van der Waals surface area contributed by atoms with Gasteiger partial charge in [-0.3, -0.25) is 9.59 Å². The van der Waals surface area contributed by atoms with Gasteiger partial charge in [-0.2, -0.15) is 0 Å². The smallest absolute Gasteiger partial charge is 0.223 e. The van der Waals surface area contributed by atoms with Gasteiger partial charge in [0, 0.05) is 36.5 Å².